The Balaban J connectivity index is 1.80. The van der Waals surface area contributed by atoms with E-state index in [1.165, 1.54) is 0 Å². The van der Waals surface area contributed by atoms with Gasteiger partial charge in [0.05, 0.1) is 0 Å². The Morgan fingerprint density at radius 3 is 2.62 bits per heavy atom. The van der Waals surface area contributed by atoms with Crippen LogP contribution in [0.5, 0.6) is 0 Å². The molecule has 24 heavy (non-hydrogen) atoms. The van der Waals surface area contributed by atoms with Gasteiger partial charge in [0.2, 0.25) is 0 Å². The third kappa shape index (κ3) is 3.33. The van der Waals surface area contributed by atoms with Gasteiger partial charge in [-0.05, 0) is 17.7 Å². The lowest BCUT2D eigenvalue weighted by atomic mass is 10.1. The first-order chi connectivity index (χ1) is 11.5. The van der Waals surface area contributed by atoms with Crippen LogP contribution >= 0.6 is 11.6 Å². The molecule has 3 rings (SSSR count). The van der Waals surface area contributed by atoms with Gasteiger partial charge in [0, 0.05) is 15.9 Å². The summed E-state index contributed by atoms with van der Waals surface area (Å²) in [6, 6.07) is 13.9. The van der Waals surface area contributed by atoms with Gasteiger partial charge in [-0.2, -0.15) is 0 Å². The number of carboxylic acid groups (broad SMARTS) is 1. The predicted molar refractivity (Wildman–Crippen MR) is 90.5 cm³/mol. The van der Waals surface area contributed by atoms with E-state index < -0.39 is 12.1 Å². The quantitative estimate of drug-likeness (QED) is 0.659. The van der Waals surface area contributed by atoms with Crippen LogP contribution in [-0.2, 0) is 11.3 Å². The van der Waals surface area contributed by atoms with Gasteiger partial charge in [-0.25, -0.2) is 9.59 Å². The van der Waals surface area contributed by atoms with E-state index >= 15 is 0 Å². The summed E-state index contributed by atoms with van der Waals surface area (Å²) < 4.78 is 5.10. The smallest absolute Gasteiger partial charge is 0.413 e. The molecule has 0 unspecified atom stereocenters. The second-order valence-electron chi connectivity index (χ2n) is 5.06. The molecule has 2 aromatic carbocycles. The van der Waals surface area contributed by atoms with Crippen LogP contribution in [0.25, 0.3) is 10.9 Å². The number of ether oxygens (including phenoxy) is 1. The zero-order chi connectivity index (χ0) is 17.1. The van der Waals surface area contributed by atoms with E-state index in [1.807, 2.05) is 30.3 Å². The van der Waals surface area contributed by atoms with Crippen LogP contribution < -0.4 is 5.32 Å². The van der Waals surface area contributed by atoms with E-state index in [2.05, 4.69) is 10.3 Å². The average Bonchev–Trinajstić information content (AvgIpc) is 2.90. The maximum Gasteiger partial charge on any atom is 0.413 e. The number of aromatic nitrogens is 1. The SMILES string of the molecule is O=C(Nc1[nH]c2cc(Cl)ccc2c1C(=O)O)OCc1ccccc1. The maximum absolute atomic E-state index is 11.9. The minimum absolute atomic E-state index is 0.0432. The number of fused-ring (bicyclic) bond motifs is 1. The molecule has 0 aliphatic rings. The number of hydrogen-bond acceptors (Lipinski definition) is 3. The van der Waals surface area contributed by atoms with Crippen molar-refractivity contribution in [3.63, 3.8) is 0 Å². The molecule has 0 atom stereocenters. The Hall–Kier alpha value is -2.99. The van der Waals surface area contributed by atoms with Crippen molar-refractivity contribution in [3.05, 3.63) is 64.7 Å². The first-order valence-corrected chi connectivity index (χ1v) is 7.44. The highest BCUT2D eigenvalue weighted by Crippen LogP contribution is 2.28. The fourth-order valence-corrected chi connectivity index (χ4v) is 2.52. The number of carbonyl (C=O) groups excluding carboxylic acids is 1. The number of amides is 1. The molecule has 0 saturated carbocycles. The summed E-state index contributed by atoms with van der Waals surface area (Å²) in [7, 11) is 0. The molecule has 0 aliphatic heterocycles. The Labute approximate surface area is 142 Å². The topological polar surface area (TPSA) is 91.4 Å². The molecular formula is C17H13ClN2O4. The monoisotopic (exact) mass is 344 g/mol. The van der Waals surface area contributed by atoms with Gasteiger partial charge in [-0.15, -0.1) is 0 Å². The lowest BCUT2D eigenvalue weighted by Crippen LogP contribution is -2.15. The highest BCUT2D eigenvalue weighted by atomic mass is 35.5. The van der Waals surface area contributed by atoms with Crippen molar-refractivity contribution in [1.82, 2.24) is 4.98 Å². The Kier molecular flexibility index (Phi) is 4.39. The van der Waals surface area contributed by atoms with Crippen molar-refractivity contribution < 1.29 is 19.4 Å². The number of aromatic carboxylic acids is 1. The third-order valence-corrected chi connectivity index (χ3v) is 3.65. The van der Waals surface area contributed by atoms with E-state index in [0.29, 0.717) is 15.9 Å². The van der Waals surface area contributed by atoms with E-state index in [4.69, 9.17) is 16.3 Å². The molecule has 0 bridgehead atoms. The van der Waals surface area contributed by atoms with Gasteiger partial charge in [0.1, 0.15) is 18.0 Å². The summed E-state index contributed by atoms with van der Waals surface area (Å²) in [5.74, 6) is -1.11. The first kappa shape index (κ1) is 15.9. The second kappa shape index (κ2) is 6.64. The summed E-state index contributed by atoms with van der Waals surface area (Å²) in [6.07, 6.45) is -0.751. The number of benzene rings is 2. The number of nitrogens with one attached hydrogen (secondary N) is 2. The van der Waals surface area contributed by atoms with Crippen molar-refractivity contribution in [2.75, 3.05) is 5.32 Å². The number of carbonyl (C=O) groups is 2. The standard InChI is InChI=1S/C17H13ClN2O4/c18-11-6-7-12-13(8-11)19-15(14(12)16(21)22)20-17(23)24-9-10-4-2-1-3-5-10/h1-8,19H,9H2,(H,20,23)(H,21,22). The minimum atomic E-state index is -1.16. The summed E-state index contributed by atoms with van der Waals surface area (Å²) in [5.41, 5.74) is 1.30. The number of rotatable bonds is 4. The molecule has 0 saturated heterocycles. The molecule has 7 heteroatoms. The summed E-state index contributed by atoms with van der Waals surface area (Å²) >= 11 is 5.90. The fraction of sp³-hybridized carbons (Fsp3) is 0.0588. The van der Waals surface area contributed by atoms with Crippen LogP contribution in [-0.4, -0.2) is 22.2 Å². The summed E-state index contributed by atoms with van der Waals surface area (Å²) in [6.45, 7) is 0.0845. The molecule has 3 N–H and O–H groups in total. The van der Waals surface area contributed by atoms with Gasteiger partial charge in [0.25, 0.3) is 0 Å². The van der Waals surface area contributed by atoms with Crippen molar-refractivity contribution in [1.29, 1.82) is 0 Å². The largest absolute Gasteiger partial charge is 0.478 e. The van der Waals surface area contributed by atoms with Crippen LogP contribution in [0.2, 0.25) is 5.02 Å². The molecule has 0 fully saturated rings. The molecule has 0 spiro atoms. The Morgan fingerprint density at radius 1 is 1.17 bits per heavy atom. The Bertz CT molecular complexity index is 906. The van der Waals surface area contributed by atoms with E-state index in [0.717, 1.165) is 5.56 Å². The van der Waals surface area contributed by atoms with E-state index in [9.17, 15) is 14.7 Å². The number of halogens is 1. The van der Waals surface area contributed by atoms with Gasteiger partial charge < -0.3 is 14.8 Å². The zero-order valence-electron chi connectivity index (χ0n) is 12.4. The lowest BCUT2D eigenvalue weighted by molar-refractivity contribution is 0.0700. The maximum atomic E-state index is 11.9. The van der Waals surface area contributed by atoms with Crippen LogP contribution in [0.3, 0.4) is 0 Å². The molecule has 1 amide bonds. The number of H-pyrrole nitrogens is 1. The summed E-state index contributed by atoms with van der Waals surface area (Å²) in [5, 5.41) is 12.7. The minimum Gasteiger partial charge on any atom is -0.478 e. The van der Waals surface area contributed by atoms with Gasteiger partial charge in [-0.3, -0.25) is 5.32 Å². The molecule has 1 aromatic heterocycles. The van der Waals surface area contributed by atoms with E-state index in [-0.39, 0.29) is 18.0 Å². The molecule has 122 valence electrons. The predicted octanol–water partition coefficient (Wildman–Crippen LogP) is 4.27. The molecule has 0 radical (unpaired) electrons. The average molecular weight is 345 g/mol. The van der Waals surface area contributed by atoms with Crippen LogP contribution in [0.1, 0.15) is 15.9 Å². The zero-order valence-corrected chi connectivity index (χ0v) is 13.1. The van der Waals surface area contributed by atoms with Gasteiger partial charge >= 0.3 is 12.1 Å². The number of anilines is 1. The van der Waals surface area contributed by atoms with Gasteiger partial charge in [0.15, 0.2) is 0 Å². The third-order valence-electron chi connectivity index (χ3n) is 3.41. The molecule has 6 nitrogen and oxygen atoms in total. The second-order valence-corrected chi connectivity index (χ2v) is 5.49. The normalized spacial score (nSPS) is 10.5. The highest BCUT2D eigenvalue weighted by Gasteiger charge is 2.20. The van der Waals surface area contributed by atoms with Crippen LogP contribution in [0.4, 0.5) is 10.6 Å². The molecule has 0 aliphatic carbocycles. The van der Waals surface area contributed by atoms with Crippen molar-refractivity contribution >= 4 is 40.4 Å². The summed E-state index contributed by atoms with van der Waals surface area (Å²) in [4.78, 5) is 26.3. The van der Waals surface area contributed by atoms with Crippen LogP contribution in [0.15, 0.2) is 48.5 Å². The van der Waals surface area contributed by atoms with Crippen LogP contribution in [0, 0.1) is 0 Å². The number of hydrogen-bond donors (Lipinski definition) is 3. The molecule has 3 aromatic rings. The number of carboxylic acids is 1. The Morgan fingerprint density at radius 2 is 1.92 bits per heavy atom. The molecule has 1 heterocycles. The van der Waals surface area contributed by atoms with Gasteiger partial charge in [-0.1, -0.05) is 48.0 Å². The fourth-order valence-electron chi connectivity index (χ4n) is 2.35. The van der Waals surface area contributed by atoms with Crippen molar-refractivity contribution in [2.24, 2.45) is 0 Å². The molecular weight excluding hydrogens is 332 g/mol. The van der Waals surface area contributed by atoms with Crippen molar-refractivity contribution in [3.8, 4) is 0 Å². The first-order valence-electron chi connectivity index (χ1n) is 7.07. The number of aromatic amines is 1. The lowest BCUT2D eigenvalue weighted by Gasteiger charge is -2.06. The highest BCUT2D eigenvalue weighted by molar-refractivity contribution is 6.31. The van der Waals surface area contributed by atoms with E-state index in [1.54, 1.807) is 18.2 Å². The van der Waals surface area contributed by atoms with Crippen molar-refractivity contribution in [2.45, 2.75) is 6.61 Å².